The first-order valence-corrected chi connectivity index (χ1v) is 11.7. The van der Waals surface area contributed by atoms with Crippen LogP contribution in [0.4, 0.5) is 0 Å². The third-order valence-electron chi connectivity index (χ3n) is 9.41. The van der Waals surface area contributed by atoms with E-state index in [1.165, 1.54) is 57.4 Å². The number of ether oxygens (including phenoxy) is 2. The predicted octanol–water partition coefficient (Wildman–Crippen LogP) is 5.45. The molecule has 0 aromatic heterocycles. The largest absolute Gasteiger partial charge is 0.463 e. The highest BCUT2D eigenvalue weighted by Crippen LogP contribution is 2.67. The van der Waals surface area contributed by atoms with Gasteiger partial charge in [-0.25, -0.2) is 0 Å². The average Bonchev–Trinajstić information content (AvgIpc) is 2.98. The molecule has 0 radical (unpaired) electrons. The second-order valence-corrected chi connectivity index (χ2v) is 10.7. The number of allylic oxidation sites excluding steroid dienone is 1. The maximum absolute atomic E-state index is 11.4. The molecule has 4 aliphatic rings. The summed E-state index contributed by atoms with van der Waals surface area (Å²) in [5.41, 5.74) is 2.23. The molecule has 0 aromatic carbocycles. The van der Waals surface area contributed by atoms with Crippen molar-refractivity contribution in [1.29, 1.82) is 0 Å². The van der Waals surface area contributed by atoms with E-state index in [4.69, 9.17) is 9.47 Å². The Kier molecular flexibility index (Phi) is 5.59. The van der Waals surface area contributed by atoms with Crippen molar-refractivity contribution in [2.45, 2.75) is 91.6 Å². The van der Waals surface area contributed by atoms with Gasteiger partial charge in [-0.05, 0) is 98.4 Å². The molecule has 4 nitrogen and oxygen atoms in total. The second kappa shape index (κ2) is 7.74. The maximum Gasteiger partial charge on any atom is 0.302 e. The zero-order valence-corrected chi connectivity index (χ0v) is 18.7. The SMILES string of the molecule is CC(=O)OC/C=C1\CC[C@H]2[C@@H]3CCC4C[C@@H](OC(C)=O)CC[C@]4(C)[C@H]3CC[C@]12C. The first kappa shape index (κ1) is 20.9. The average molecular weight is 403 g/mol. The first-order valence-electron chi connectivity index (χ1n) is 11.7. The fourth-order valence-corrected chi connectivity index (χ4v) is 8.00. The standard InChI is InChI=1S/C25H38O4/c1-16(26)28-14-11-18-6-8-22-21-7-5-19-15-20(29-17(2)27)9-12-25(19,4)23(21)10-13-24(18,22)3/h11,19-23H,5-10,12-15H2,1-4H3/b18-11+/t19?,20-,21-,22-,23-,24+,25-/m0/s1. The van der Waals surface area contributed by atoms with Crippen molar-refractivity contribution in [3.63, 3.8) is 0 Å². The third-order valence-corrected chi connectivity index (χ3v) is 9.41. The van der Waals surface area contributed by atoms with E-state index >= 15 is 0 Å². The first-order chi connectivity index (χ1) is 13.7. The molecule has 0 spiro atoms. The minimum absolute atomic E-state index is 0.125. The lowest BCUT2D eigenvalue weighted by Crippen LogP contribution is -2.53. The summed E-state index contributed by atoms with van der Waals surface area (Å²) in [6.45, 7) is 8.48. The van der Waals surface area contributed by atoms with Gasteiger partial charge >= 0.3 is 11.9 Å². The molecule has 29 heavy (non-hydrogen) atoms. The Morgan fingerprint density at radius 3 is 2.52 bits per heavy atom. The molecule has 0 amide bonds. The highest BCUT2D eigenvalue weighted by molar-refractivity contribution is 5.66. The van der Waals surface area contributed by atoms with Crippen LogP contribution in [-0.2, 0) is 19.1 Å². The van der Waals surface area contributed by atoms with Crippen LogP contribution in [0, 0.1) is 34.5 Å². The molecule has 162 valence electrons. The Labute approximate surface area is 175 Å². The molecular formula is C25H38O4. The molecule has 4 aliphatic carbocycles. The third kappa shape index (κ3) is 3.65. The number of esters is 2. The topological polar surface area (TPSA) is 52.6 Å². The molecule has 0 heterocycles. The van der Waals surface area contributed by atoms with Crippen molar-refractivity contribution >= 4 is 11.9 Å². The van der Waals surface area contributed by atoms with Gasteiger partial charge in [0.15, 0.2) is 0 Å². The second-order valence-electron chi connectivity index (χ2n) is 10.7. The van der Waals surface area contributed by atoms with Crippen molar-refractivity contribution < 1.29 is 19.1 Å². The van der Waals surface area contributed by atoms with Gasteiger partial charge in [0.1, 0.15) is 12.7 Å². The van der Waals surface area contributed by atoms with Gasteiger partial charge in [-0.1, -0.05) is 19.4 Å². The van der Waals surface area contributed by atoms with Gasteiger partial charge in [-0.3, -0.25) is 9.59 Å². The van der Waals surface area contributed by atoms with Crippen LogP contribution in [0.5, 0.6) is 0 Å². The van der Waals surface area contributed by atoms with E-state index in [0.29, 0.717) is 23.4 Å². The fraction of sp³-hybridized carbons (Fsp3) is 0.840. The molecule has 1 unspecified atom stereocenters. The summed E-state index contributed by atoms with van der Waals surface area (Å²) in [6.07, 6.45) is 13.3. The summed E-state index contributed by atoms with van der Waals surface area (Å²) in [7, 11) is 0. The highest BCUT2D eigenvalue weighted by atomic mass is 16.5. The maximum atomic E-state index is 11.4. The molecule has 0 aliphatic heterocycles. The molecule has 7 atom stereocenters. The van der Waals surface area contributed by atoms with Crippen molar-refractivity contribution in [3.8, 4) is 0 Å². The molecule has 0 N–H and O–H groups in total. The van der Waals surface area contributed by atoms with Crippen molar-refractivity contribution in [2.75, 3.05) is 6.61 Å². The van der Waals surface area contributed by atoms with Gasteiger partial charge in [0.25, 0.3) is 0 Å². The molecule has 4 rings (SSSR count). The van der Waals surface area contributed by atoms with E-state index in [1.54, 1.807) is 6.92 Å². The van der Waals surface area contributed by atoms with Gasteiger partial charge in [0.05, 0.1) is 0 Å². The van der Waals surface area contributed by atoms with E-state index in [9.17, 15) is 9.59 Å². The van der Waals surface area contributed by atoms with Crippen LogP contribution >= 0.6 is 0 Å². The van der Waals surface area contributed by atoms with E-state index in [0.717, 1.165) is 30.6 Å². The van der Waals surface area contributed by atoms with Gasteiger partial charge < -0.3 is 9.47 Å². The Bertz CT molecular complexity index is 697. The van der Waals surface area contributed by atoms with Crippen LogP contribution in [0.25, 0.3) is 0 Å². The molecule has 0 bridgehead atoms. The van der Waals surface area contributed by atoms with Gasteiger partial charge in [0.2, 0.25) is 0 Å². The lowest BCUT2D eigenvalue weighted by Gasteiger charge is -2.60. The quantitative estimate of drug-likeness (QED) is 0.465. The molecule has 0 aromatic rings. The highest BCUT2D eigenvalue weighted by Gasteiger charge is 2.59. The summed E-state index contributed by atoms with van der Waals surface area (Å²) >= 11 is 0. The minimum atomic E-state index is -0.194. The Morgan fingerprint density at radius 2 is 1.79 bits per heavy atom. The summed E-state index contributed by atoms with van der Waals surface area (Å²) in [6, 6.07) is 0. The van der Waals surface area contributed by atoms with E-state index < -0.39 is 0 Å². The molecule has 4 heteroatoms. The van der Waals surface area contributed by atoms with E-state index in [2.05, 4.69) is 19.9 Å². The van der Waals surface area contributed by atoms with Crippen LogP contribution in [-0.4, -0.2) is 24.6 Å². The smallest absolute Gasteiger partial charge is 0.302 e. The molecule has 0 saturated heterocycles. The van der Waals surface area contributed by atoms with Gasteiger partial charge in [-0.15, -0.1) is 0 Å². The van der Waals surface area contributed by atoms with Crippen LogP contribution in [0.3, 0.4) is 0 Å². The summed E-state index contributed by atoms with van der Waals surface area (Å²) in [4.78, 5) is 22.6. The fourth-order valence-electron chi connectivity index (χ4n) is 8.00. The Balaban J connectivity index is 1.48. The molecule has 4 fully saturated rings. The van der Waals surface area contributed by atoms with Crippen molar-refractivity contribution in [1.82, 2.24) is 0 Å². The molecule has 4 saturated carbocycles. The molecular weight excluding hydrogens is 364 g/mol. The van der Waals surface area contributed by atoms with Crippen molar-refractivity contribution in [3.05, 3.63) is 11.6 Å². The van der Waals surface area contributed by atoms with Crippen LogP contribution in [0.15, 0.2) is 11.6 Å². The van der Waals surface area contributed by atoms with Gasteiger partial charge in [-0.2, -0.15) is 0 Å². The summed E-state index contributed by atoms with van der Waals surface area (Å²) in [5.74, 6) is 2.78. The van der Waals surface area contributed by atoms with E-state index in [-0.39, 0.29) is 18.0 Å². The van der Waals surface area contributed by atoms with Crippen molar-refractivity contribution in [2.24, 2.45) is 34.5 Å². The minimum Gasteiger partial charge on any atom is -0.463 e. The van der Waals surface area contributed by atoms with E-state index in [1.807, 2.05) is 0 Å². The zero-order chi connectivity index (χ0) is 20.8. The zero-order valence-electron chi connectivity index (χ0n) is 18.7. The summed E-state index contributed by atoms with van der Waals surface area (Å²) in [5, 5.41) is 0. The summed E-state index contributed by atoms with van der Waals surface area (Å²) < 4.78 is 10.8. The Hall–Kier alpha value is -1.32. The number of hydrogen-bond donors (Lipinski definition) is 0. The Morgan fingerprint density at radius 1 is 1.00 bits per heavy atom. The lowest BCUT2D eigenvalue weighted by atomic mass is 9.45. The monoisotopic (exact) mass is 402 g/mol. The van der Waals surface area contributed by atoms with Gasteiger partial charge in [0, 0.05) is 13.8 Å². The lowest BCUT2D eigenvalue weighted by molar-refractivity contribution is -0.158. The number of carbonyl (C=O) groups is 2. The predicted molar refractivity (Wildman–Crippen MR) is 112 cm³/mol. The normalized spacial score (nSPS) is 45.1. The number of fused-ring (bicyclic) bond motifs is 5. The number of rotatable bonds is 3. The number of hydrogen-bond acceptors (Lipinski definition) is 4. The number of carbonyl (C=O) groups excluding carboxylic acids is 2. The van der Waals surface area contributed by atoms with Crippen LogP contribution < -0.4 is 0 Å². The van der Waals surface area contributed by atoms with Crippen LogP contribution in [0.2, 0.25) is 0 Å². The van der Waals surface area contributed by atoms with Crippen LogP contribution in [0.1, 0.15) is 85.5 Å².